The Balaban J connectivity index is 2.36. The average molecular weight is 244 g/mol. The molecule has 4 heteroatoms. The summed E-state index contributed by atoms with van der Waals surface area (Å²) in [4.78, 5) is 16.1. The number of ether oxygens (including phenoxy) is 1. The van der Waals surface area contributed by atoms with Crippen LogP contribution in [0.1, 0.15) is 31.1 Å². The minimum atomic E-state index is -0.342. The van der Waals surface area contributed by atoms with Crippen LogP contribution in [0.25, 0.3) is 0 Å². The van der Waals surface area contributed by atoms with Crippen LogP contribution in [-0.2, 0) is 0 Å². The summed E-state index contributed by atoms with van der Waals surface area (Å²) in [5, 5.41) is 0. The van der Waals surface area contributed by atoms with Gasteiger partial charge >= 0.3 is 0 Å². The van der Waals surface area contributed by atoms with Gasteiger partial charge in [0.1, 0.15) is 17.7 Å². The van der Waals surface area contributed by atoms with Crippen molar-refractivity contribution in [1.82, 2.24) is 9.55 Å². The number of rotatable bonds is 2. The molecule has 0 atom stereocenters. The summed E-state index contributed by atoms with van der Waals surface area (Å²) in [5.74, 6) is 0.441. The third-order valence-corrected chi connectivity index (χ3v) is 2.27. The molecule has 0 saturated heterocycles. The normalized spacial score (nSPS) is 11.3. The number of benzene rings is 1. The van der Waals surface area contributed by atoms with Gasteiger partial charge < -0.3 is 4.74 Å². The number of imidazole rings is 1. The molecule has 1 aromatic heterocycles. The number of aromatic nitrogens is 2. The van der Waals surface area contributed by atoms with Crippen molar-refractivity contribution in [2.75, 3.05) is 0 Å². The van der Waals surface area contributed by atoms with Gasteiger partial charge in [-0.25, -0.2) is 4.98 Å². The third kappa shape index (κ3) is 2.77. The lowest BCUT2D eigenvalue weighted by atomic mass is 10.1. The minimum Gasteiger partial charge on any atom is -0.487 e. The first-order valence-corrected chi connectivity index (χ1v) is 5.78. The molecule has 1 aromatic carbocycles. The summed E-state index contributed by atoms with van der Waals surface area (Å²) in [6.07, 6.45) is 4.68. The molecule has 0 spiro atoms. The van der Waals surface area contributed by atoms with E-state index in [0.29, 0.717) is 11.3 Å². The van der Waals surface area contributed by atoms with Gasteiger partial charge in [0.25, 0.3) is 5.91 Å². The van der Waals surface area contributed by atoms with E-state index in [1.54, 1.807) is 24.5 Å². The van der Waals surface area contributed by atoms with Gasteiger partial charge in [0.05, 0.1) is 5.56 Å². The molecular weight excluding hydrogens is 228 g/mol. The molecule has 94 valence electrons. The quantitative estimate of drug-likeness (QED) is 0.815. The van der Waals surface area contributed by atoms with Crippen LogP contribution in [0, 0.1) is 0 Å². The van der Waals surface area contributed by atoms with E-state index in [1.165, 1.54) is 10.9 Å². The van der Waals surface area contributed by atoms with Gasteiger partial charge in [-0.15, -0.1) is 0 Å². The lowest BCUT2D eigenvalue weighted by Gasteiger charge is -2.22. The summed E-state index contributed by atoms with van der Waals surface area (Å²) >= 11 is 0. The Morgan fingerprint density at radius 3 is 2.61 bits per heavy atom. The second-order valence-corrected chi connectivity index (χ2v) is 4.99. The van der Waals surface area contributed by atoms with E-state index in [-0.39, 0.29) is 11.5 Å². The summed E-state index contributed by atoms with van der Waals surface area (Å²) in [6, 6.07) is 7.23. The third-order valence-electron chi connectivity index (χ3n) is 2.27. The molecule has 0 fully saturated rings. The molecule has 2 aromatic rings. The topological polar surface area (TPSA) is 44.1 Å². The predicted octanol–water partition coefficient (Wildman–Crippen LogP) is 2.75. The van der Waals surface area contributed by atoms with Gasteiger partial charge in [-0.05, 0) is 32.9 Å². The molecule has 0 saturated carbocycles. The van der Waals surface area contributed by atoms with Gasteiger partial charge in [-0.1, -0.05) is 12.1 Å². The molecular formula is C14H16N2O2. The fraction of sp³-hybridized carbons (Fsp3) is 0.286. The Hall–Kier alpha value is -2.10. The molecule has 2 rings (SSSR count). The standard InChI is InChI=1S/C14H16N2O2/c1-14(2,3)18-12-7-5-4-6-11(12)13(17)16-9-8-15-10-16/h4-10H,1-3H3. The summed E-state index contributed by atoms with van der Waals surface area (Å²) in [7, 11) is 0. The molecule has 0 bridgehead atoms. The highest BCUT2D eigenvalue weighted by molar-refractivity contribution is 5.98. The number of hydrogen-bond donors (Lipinski definition) is 0. The zero-order valence-electron chi connectivity index (χ0n) is 10.8. The Labute approximate surface area is 106 Å². The average Bonchev–Trinajstić information content (AvgIpc) is 2.80. The van der Waals surface area contributed by atoms with E-state index >= 15 is 0 Å². The van der Waals surface area contributed by atoms with E-state index in [0.717, 1.165) is 0 Å². The fourth-order valence-electron chi connectivity index (χ4n) is 1.58. The maximum atomic E-state index is 12.3. The first-order valence-electron chi connectivity index (χ1n) is 5.78. The van der Waals surface area contributed by atoms with Crippen LogP contribution in [0.15, 0.2) is 43.0 Å². The molecule has 0 aliphatic rings. The maximum Gasteiger partial charge on any atom is 0.266 e. The lowest BCUT2D eigenvalue weighted by Crippen LogP contribution is -2.24. The number of carbonyl (C=O) groups is 1. The summed E-state index contributed by atoms with van der Waals surface area (Å²) in [5.41, 5.74) is 0.191. The lowest BCUT2D eigenvalue weighted by molar-refractivity contribution is 0.0939. The highest BCUT2D eigenvalue weighted by atomic mass is 16.5. The summed E-state index contributed by atoms with van der Waals surface area (Å²) < 4.78 is 7.23. The van der Waals surface area contributed by atoms with Crippen molar-refractivity contribution in [1.29, 1.82) is 0 Å². The molecule has 0 radical (unpaired) electrons. The first kappa shape index (κ1) is 12.4. The smallest absolute Gasteiger partial charge is 0.266 e. The second-order valence-electron chi connectivity index (χ2n) is 4.99. The van der Waals surface area contributed by atoms with Crippen LogP contribution in [0.3, 0.4) is 0 Å². The zero-order chi connectivity index (χ0) is 13.2. The van der Waals surface area contributed by atoms with Gasteiger partial charge in [0.15, 0.2) is 0 Å². The van der Waals surface area contributed by atoms with Crippen LogP contribution in [0.2, 0.25) is 0 Å². The molecule has 1 heterocycles. The highest BCUT2D eigenvalue weighted by Crippen LogP contribution is 2.23. The SMILES string of the molecule is CC(C)(C)Oc1ccccc1C(=O)n1ccnc1. The van der Waals surface area contributed by atoms with Gasteiger partial charge in [-0.2, -0.15) is 0 Å². The van der Waals surface area contributed by atoms with Crippen LogP contribution >= 0.6 is 0 Å². The van der Waals surface area contributed by atoms with E-state index < -0.39 is 0 Å². The number of nitrogens with zero attached hydrogens (tertiary/aromatic N) is 2. The Kier molecular flexibility index (Phi) is 3.19. The number of hydrogen-bond acceptors (Lipinski definition) is 3. The van der Waals surface area contributed by atoms with Gasteiger partial charge in [-0.3, -0.25) is 9.36 Å². The van der Waals surface area contributed by atoms with Crippen molar-refractivity contribution in [3.8, 4) is 5.75 Å². The molecule has 0 N–H and O–H groups in total. The summed E-state index contributed by atoms with van der Waals surface area (Å²) in [6.45, 7) is 5.85. The van der Waals surface area contributed by atoms with E-state index in [9.17, 15) is 4.79 Å². The Morgan fingerprint density at radius 2 is 2.00 bits per heavy atom. The molecule has 0 unspecified atom stereocenters. The van der Waals surface area contributed by atoms with E-state index in [1.807, 2.05) is 32.9 Å². The molecule has 0 aliphatic heterocycles. The Bertz CT molecular complexity index is 539. The van der Waals surface area contributed by atoms with E-state index in [4.69, 9.17) is 4.74 Å². The number of carbonyl (C=O) groups excluding carboxylic acids is 1. The zero-order valence-corrected chi connectivity index (χ0v) is 10.8. The monoisotopic (exact) mass is 244 g/mol. The molecule has 18 heavy (non-hydrogen) atoms. The fourth-order valence-corrected chi connectivity index (χ4v) is 1.58. The van der Waals surface area contributed by atoms with Crippen molar-refractivity contribution in [2.24, 2.45) is 0 Å². The van der Waals surface area contributed by atoms with Crippen molar-refractivity contribution in [3.63, 3.8) is 0 Å². The highest BCUT2D eigenvalue weighted by Gasteiger charge is 2.18. The molecule has 4 nitrogen and oxygen atoms in total. The van der Waals surface area contributed by atoms with Crippen molar-refractivity contribution < 1.29 is 9.53 Å². The van der Waals surface area contributed by atoms with Gasteiger partial charge in [0, 0.05) is 12.4 Å². The number of para-hydroxylation sites is 1. The van der Waals surface area contributed by atoms with Crippen molar-refractivity contribution >= 4 is 5.91 Å². The predicted molar refractivity (Wildman–Crippen MR) is 68.8 cm³/mol. The maximum absolute atomic E-state index is 12.3. The van der Waals surface area contributed by atoms with Crippen LogP contribution in [0.4, 0.5) is 0 Å². The second kappa shape index (κ2) is 4.64. The first-order chi connectivity index (χ1) is 8.47. The molecule has 0 amide bonds. The van der Waals surface area contributed by atoms with Gasteiger partial charge in [0.2, 0.25) is 0 Å². The van der Waals surface area contributed by atoms with Crippen LogP contribution in [-0.4, -0.2) is 21.1 Å². The minimum absolute atomic E-state index is 0.146. The van der Waals surface area contributed by atoms with Crippen molar-refractivity contribution in [3.05, 3.63) is 48.5 Å². The van der Waals surface area contributed by atoms with Crippen molar-refractivity contribution in [2.45, 2.75) is 26.4 Å². The van der Waals surface area contributed by atoms with Crippen LogP contribution < -0.4 is 4.74 Å². The van der Waals surface area contributed by atoms with Crippen LogP contribution in [0.5, 0.6) is 5.75 Å². The van der Waals surface area contributed by atoms with E-state index in [2.05, 4.69) is 4.98 Å². The largest absolute Gasteiger partial charge is 0.487 e. The molecule has 0 aliphatic carbocycles. The Morgan fingerprint density at radius 1 is 1.28 bits per heavy atom.